The van der Waals surface area contributed by atoms with E-state index in [1.807, 2.05) is 24.1 Å². The molecule has 0 radical (unpaired) electrons. The van der Waals surface area contributed by atoms with E-state index in [0.29, 0.717) is 11.2 Å². The van der Waals surface area contributed by atoms with Crippen LogP contribution >= 0.6 is 12.4 Å². The van der Waals surface area contributed by atoms with E-state index < -0.39 is 0 Å². The lowest BCUT2D eigenvalue weighted by Crippen LogP contribution is -2.52. The topological polar surface area (TPSA) is 62.5 Å². The first-order chi connectivity index (χ1) is 9.16. The maximum atomic E-state index is 12.6. The molecule has 0 saturated carbocycles. The van der Waals surface area contributed by atoms with Gasteiger partial charge in [0.25, 0.3) is 5.91 Å². The van der Waals surface area contributed by atoms with E-state index in [0.717, 1.165) is 25.3 Å². The van der Waals surface area contributed by atoms with Crippen molar-refractivity contribution in [3.05, 3.63) is 29.7 Å². The molecule has 1 aliphatic heterocycles. The Morgan fingerprint density at radius 1 is 1.50 bits per heavy atom. The van der Waals surface area contributed by atoms with Crippen LogP contribution in [0.1, 0.15) is 23.0 Å². The Labute approximate surface area is 123 Å². The number of piperazine rings is 1. The van der Waals surface area contributed by atoms with Crippen molar-refractivity contribution in [2.24, 2.45) is 0 Å². The molecule has 0 aliphatic carbocycles. The zero-order chi connectivity index (χ0) is 13.4. The Morgan fingerprint density at radius 3 is 3.05 bits per heavy atom. The normalized spacial score (nSPS) is 18.9. The van der Waals surface area contributed by atoms with Crippen LogP contribution in [-0.4, -0.2) is 51.1 Å². The van der Waals surface area contributed by atoms with Gasteiger partial charge in [-0.1, -0.05) is 0 Å². The fraction of sp³-hybridized carbons (Fsp3) is 0.462. The highest BCUT2D eigenvalue weighted by atomic mass is 35.5. The molecule has 2 aromatic rings. The van der Waals surface area contributed by atoms with Crippen molar-refractivity contribution in [1.29, 1.82) is 0 Å². The van der Waals surface area contributed by atoms with Gasteiger partial charge in [0, 0.05) is 37.6 Å². The Bertz CT molecular complexity index is 626. The molecular formula is C13H18ClN5O. The van der Waals surface area contributed by atoms with Crippen molar-refractivity contribution >= 4 is 24.0 Å². The molecule has 1 fully saturated rings. The van der Waals surface area contributed by atoms with Gasteiger partial charge < -0.3 is 10.2 Å². The molecule has 3 rings (SSSR count). The lowest BCUT2D eigenvalue weighted by Gasteiger charge is -2.33. The molecule has 0 aromatic carbocycles. The maximum absolute atomic E-state index is 12.6. The SMILES string of the molecule is Cc1ccn2ncc(C(=O)N3CCNC[C@H]3C)c2n1.Cl. The van der Waals surface area contributed by atoms with Crippen LogP contribution in [0, 0.1) is 6.92 Å². The first kappa shape index (κ1) is 14.7. The summed E-state index contributed by atoms with van der Waals surface area (Å²) in [6, 6.07) is 2.07. The van der Waals surface area contributed by atoms with E-state index in [-0.39, 0.29) is 24.4 Å². The Hall–Kier alpha value is -1.66. The number of amides is 1. The molecule has 6 nitrogen and oxygen atoms in total. The molecule has 2 aromatic heterocycles. The number of hydrogen-bond donors (Lipinski definition) is 1. The number of nitrogens with zero attached hydrogens (tertiary/aromatic N) is 4. The summed E-state index contributed by atoms with van der Waals surface area (Å²) in [5, 5.41) is 7.47. The standard InChI is InChI=1S/C13H17N5O.ClH/c1-9-3-5-18-12(16-9)11(8-15-18)13(19)17-6-4-14-7-10(17)2;/h3,5,8,10,14H,4,6-7H2,1-2H3;1H/t10-;/m1./s1. The third kappa shape index (κ3) is 2.48. The fourth-order valence-corrected chi connectivity index (χ4v) is 2.41. The summed E-state index contributed by atoms with van der Waals surface area (Å²) in [5.41, 5.74) is 2.10. The van der Waals surface area contributed by atoms with Crippen LogP contribution in [0.15, 0.2) is 18.5 Å². The zero-order valence-electron chi connectivity index (χ0n) is 11.5. The number of aromatic nitrogens is 3. The van der Waals surface area contributed by atoms with Crippen LogP contribution in [0.2, 0.25) is 0 Å². The molecule has 0 bridgehead atoms. The van der Waals surface area contributed by atoms with Gasteiger partial charge in [0.1, 0.15) is 5.56 Å². The lowest BCUT2D eigenvalue weighted by molar-refractivity contribution is 0.0657. The Balaban J connectivity index is 0.00000147. The summed E-state index contributed by atoms with van der Waals surface area (Å²) in [6.45, 7) is 6.35. The summed E-state index contributed by atoms with van der Waals surface area (Å²) in [4.78, 5) is 18.9. The highest BCUT2D eigenvalue weighted by molar-refractivity contribution is 5.99. The van der Waals surface area contributed by atoms with E-state index in [1.54, 1.807) is 10.7 Å². The second-order valence-corrected chi connectivity index (χ2v) is 4.95. The van der Waals surface area contributed by atoms with Crippen LogP contribution in [0.4, 0.5) is 0 Å². The first-order valence-electron chi connectivity index (χ1n) is 6.49. The van der Waals surface area contributed by atoms with Gasteiger partial charge >= 0.3 is 0 Å². The van der Waals surface area contributed by atoms with E-state index in [4.69, 9.17) is 0 Å². The van der Waals surface area contributed by atoms with Crippen LogP contribution in [-0.2, 0) is 0 Å². The minimum absolute atomic E-state index is 0. The number of nitrogens with one attached hydrogen (secondary N) is 1. The van der Waals surface area contributed by atoms with Crippen LogP contribution in [0.25, 0.3) is 5.65 Å². The molecule has 1 amide bonds. The second-order valence-electron chi connectivity index (χ2n) is 4.95. The van der Waals surface area contributed by atoms with Crippen molar-refractivity contribution < 1.29 is 4.79 Å². The van der Waals surface area contributed by atoms with Gasteiger partial charge in [-0.2, -0.15) is 5.10 Å². The van der Waals surface area contributed by atoms with Crippen LogP contribution in [0.3, 0.4) is 0 Å². The van der Waals surface area contributed by atoms with E-state index in [2.05, 4.69) is 22.3 Å². The molecule has 1 aliphatic rings. The van der Waals surface area contributed by atoms with Crippen molar-refractivity contribution in [1.82, 2.24) is 24.8 Å². The minimum Gasteiger partial charge on any atom is -0.333 e. The molecule has 108 valence electrons. The molecular weight excluding hydrogens is 278 g/mol. The van der Waals surface area contributed by atoms with Gasteiger partial charge in [0.2, 0.25) is 0 Å². The third-order valence-corrected chi connectivity index (χ3v) is 3.50. The number of carbonyl (C=O) groups is 1. The van der Waals surface area contributed by atoms with Crippen LogP contribution < -0.4 is 5.32 Å². The molecule has 1 saturated heterocycles. The van der Waals surface area contributed by atoms with Gasteiger partial charge in [-0.05, 0) is 19.9 Å². The predicted molar refractivity (Wildman–Crippen MR) is 78.3 cm³/mol. The number of carbonyl (C=O) groups excluding carboxylic acids is 1. The predicted octanol–water partition coefficient (Wildman–Crippen LogP) is 0.893. The number of fused-ring (bicyclic) bond motifs is 1. The molecule has 3 heterocycles. The molecule has 0 spiro atoms. The van der Waals surface area contributed by atoms with Gasteiger partial charge in [-0.25, -0.2) is 9.50 Å². The summed E-state index contributed by atoms with van der Waals surface area (Å²) < 4.78 is 1.65. The molecule has 7 heteroatoms. The summed E-state index contributed by atoms with van der Waals surface area (Å²) >= 11 is 0. The average Bonchev–Trinajstić information content (AvgIpc) is 2.81. The van der Waals surface area contributed by atoms with Crippen molar-refractivity contribution in [2.75, 3.05) is 19.6 Å². The van der Waals surface area contributed by atoms with E-state index in [9.17, 15) is 4.79 Å². The van der Waals surface area contributed by atoms with Gasteiger partial charge in [0.15, 0.2) is 5.65 Å². The Kier molecular flexibility index (Phi) is 4.25. The number of rotatable bonds is 1. The van der Waals surface area contributed by atoms with Crippen molar-refractivity contribution in [3.63, 3.8) is 0 Å². The fourth-order valence-electron chi connectivity index (χ4n) is 2.41. The average molecular weight is 296 g/mol. The third-order valence-electron chi connectivity index (χ3n) is 3.50. The summed E-state index contributed by atoms with van der Waals surface area (Å²) in [6.07, 6.45) is 3.44. The first-order valence-corrected chi connectivity index (χ1v) is 6.49. The van der Waals surface area contributed by atoms with Gasteiger partial charge in [0.05, 0.1) is 6.20 Å². The number of aryl methyl sites for hydroxylation is 1. The largest absolute Gasteiger partial charge is 0.333 e. The lowest BCUT2D eigenvalue weighted by atomic mass is 10.2. The maximum Gasteiger partial charge on any atom is 0.259 e. The quantitative estimate of drug-likeness (QED) is 0.849. The van der Waals surface area contributed by atoms with Crippen molar-refractivity contribution in [2.45, 2.75) is 19.9 Å². The minimum atomic E-state index is 0. The Morgan fingerprint density at radius 2 is 2.30 bits per heavy atom. The molecule has 1 N–H and O–H groups in total. The van der Waals surface area contributed by atoms with Gasteiger partial charge in [-0.15, -0.1) is 12.4 Å². The molecule has 20 heavy (non-hydrogen) atoms. The monoisotopic (exact) mass is 295 g/mol. The highest BCUT2D eigenvalue weighted by Crippen LogP contribution is 2.14. The summed E-state index contributed by atoms with van der Waals surface area (Å²) in [5.74, 6) is 0.0158. The van der Waals surface area contributed by atoms with E-state index >= 15 is 0 Å². The molecule has 1 atom stereocenters. The van der Waals surface area contributed by atoms with Crippen molar-refractivity contribution in [3.8, 4) is 0 Å². The second kappa shape index (κ2) is 5.76. The van der Waals surface area contributed by atoms with Gasteiger partial charge in [-0.3, -0.25) is 4.79 Å². The highest BCUT2D eigenvalue weighted by Gasteiger charge is 2.26. The smallest absolute Gasteiger partial charge is 0.259 e. The number of hydrogen-bond acceptors (Lipinski definition) is 4. The van der Waals surface area contributed by atoms with Crippen LogP contribution in [0.5, 0.6) is 0 Å². The zero-order valence-corrected chi connectivity index (χ0v) is 12.4. The molecule has 0 unspecified atom stereocenters. The summed E-state index contributed by atoms with van der Waals surface area (Å²) in [7, 11) is 0. The number of halogens is 1. The van der Waals surface area contributed by atoms with E-state index in [1.165, 1.54) is 0 Å².